The van der Waals surface area contributed by atoms with Crippen molar-refractivity contribution in [1.29, 1.82) is 0 Å². The van der Waals surface area contributed by atoms with E-state index in [1.54, 1.807) is 18.2 Å². The fourth-order valence-corrected chi connectivity index (χ4v) is 3.73. The number of benzene rings is 2. The lowest BCUT2D eigenvalue weighted by Gasteiger charge is -2.33. The van der Waals surface area contributed by atoms with E-state index in [1.165, 1.54) is 0 Å². The largest absolute Gasteiger partial charge is 0.382 e. The van der Waals surface area contributed by atoms with Gasteiger partial charge in [-0.15, -0.1) is 0 Å². The SMILES string of the molecule is CCOCCCNC(=O)c1cc(NC(=O)c2ccccc2)ccc1N1CCC(C)CC1. The van der Waals surface area contributed by atoms with Crippen molar-refractivity contribution < 1.29 is 14.3 Å². The second kappa shape index (κ2) is 11.5. The smallest absolute Gasteiger partial charge is 0.255 e. The minimum atomic E-state index is -0.191. The molecule has 1 aliphatic rings. The molecule has 0 unspecified atom stereocenters. The maximum absolute atomic E-state index is 13.0. The maximum atomic E-state index is 13.0. The van der Waals surface area contributed by atoms with E-state index in [9.17, 15) is 9.59 Å². The Morgan fingerprint density at radius 3 is 2.52 bits per heavy atom. The molecule has 31 heavy (non-hydrogen) atoms. The Balaban J connectivity index is 1.76. The fourth-order valence-electron chi connectivity index (χ4n) is 3.73. The monoisotopic (exact) mass is 423 g/mol. The molecule has 2 amide bonds. The second-order valence-corrected chi connectivity index (χ2v) is 8.03. The first-order valence-corrected chi connectivity index (χ1v) is 11.2. The molecule has 0 atom stereocenters. The van der Waals surface area contributed by atoms with E-state index in [2.05, 4.69) is 22.5 Å². The Hall–Kier alpha value is -2.86. The van der Waals surface area contributed by atoms with Gasteiger partial charge in [0.25, 0.3) is 11.8 Å². The number of amides is 2. The average molecular weight is 424 g/mol. The summed E-state index contributed by atoms with van der Waals surface area (Å²) in [5.74, 6) is 0.390. The first-order chi connectivity index (χ1) is 15.1. The van der Waals surface area contributed by atoms with Crippen molar-refractivity contribution in [3.8, 4) is 0 Å². The van der Waals surface area contributed by atoms with Gasteiger partial charge in [-0.1, -0.05) is 25.1 Å². The molecule has 2 N–H and O–H groups in total. The summed E-state index contributed by atoms with van der Waals surface area (Å²) in [7, 11) is 0. The molecule has 6 heteroatoms. The standard InChI is InChI=1S/C25H33N3O3/c1-3-31-17-7-14-26-25(30)22-18-21(27-24(29)20-8-5-4-6-9-20)10-11-23(22)28-15-12-19(2)13-16-28/h4-6,8-11,18-19H,3,7,12-17H2,1-2H3,(H,26,30)(H,27,29). The van der Waals surface area contributed by atoms with Crippen LogP contribution in [0.5, 0.6) is 0 Å². The van der Waals surface area contributed by atoms with E-state index in [4.69, 9.17) is 4.74 Å². The Morgan fingerprint density at radius 2 is 1.81 bits per heavy atom. The van der Waals surface area contributed by atoms with Gasteiger partial charge in [0, 0.05) is 49.8 Å². The molecule has 0 radical (unpaired) electrons. The van der Waals surface area contributed by atoms with E-state index in [1.807, 2.05) is 37.3 Å². The van der Waals surface area contributed by atoms with Crippen LogP contribution < -0.4 is 15.5 Å². The summed E-state index contributed by atoms with van der Waals surface area (Å²) in [6.45, 7) is 7.94. The highest BCUT2D eigenvalue weighted by atomic mass is 16.5. The van der Waals surface area contributed by atoms with Crippen LogP contribution in [0.3, 0.4) is 0 Å². The van der Waals surface area contributed by atoms with Gasteiger partial charge in [0.2, 0.25) is 0 Å². The Kier molecular flexibility index (Phi) is 8.47. The molecule has 3 rings (SSSR count). The normalized spacial score (nSPS) is 14.3. The lowest BCUT2D eigenvalue weighted by atomic mass is 9.97. The molecule has 0 aliphatic carbocycles. The van der Waals surface area contributed by atoms with Gasteiger partial charge in [0.05, 0.1) is 5.56 Å². The minimum Gasteiger partial charge on any atom is -0.382 e. The molecule has 1 aliphatic heterocycles. The van der Waals surface area contributed by atoms with Gasteiger partial charge in [-0.3, -0.25) is 9.59 Å². The number of ether oxygens (including phenoxy) is 1. The van der Waals surface area contributed by atoms with E-state index < -0.39 is 0 Å². The molecule has 0 spiro atoms. The van der Waals surface area contributed by atoms with Crippen LogP contribution in [0.4, 0.5) is 11.4 Å². The summed E-state index contributed by atoms with van der Waals surface area (Å²) in [5, 5.41) is 5.92. The van der Waals surface area contributed by atoms with Gasteiger partial charge in [-0.25, -0.2) is 0 Å². The number of anilines is 2. The molecule has 1 fully saturated rings. The number of carbonyl (C=O) groups excluding carboxylic acids is 2. The van der Waals surface area contributed by atoms with Gasteiger partial charge < -0.3 is 20.3 Å². The maximum Gasteiger partial charge on any atom is 0.255 e. The van der Waals surface area contributed by atoms with Gasteiger partial charge >= 0.3 is 0 Å². The summed E-state index contributed by atoms with van der Waals surface area (Å²) in [6.07, 6.45) is 2.99. The number of rotatable bonds is 9. The predicted octanol–water partition coefficient (Wildman–Crippen LogP) is 4.33. The first kappa shape index (κ1) is 22.8. The second-order valence-electron chi connectivity index (χ2n) is 8.03. The highest BCUT2D eigenvalue weighted by Gasteiger charge is 2.22. The Bertz CT molecular complexity index is 862. The van der Waals surface area contributed by atoms with Crippen LogP contribution in [0.1, 0.15) is 53.8 Å². The van der Waals surface area contributed by atoms with Crippen LogP contribution in [0.2, 0.25) is 0 Å². The highest BCUT2D eigenvalue weighted by Crippen LogP contribution is 2.29. The quantitative estimate of drug-likeness (QED) is 0.589. The van der Waals surface area contributed by atoms with Crippen molar-refractivity contribution in [2.75, 3.05) is 43.1 Å². The summed E-state index contributed by atoms with van der Waals surface area (Å²) in [5.41, 5.74) is 2.71. The molecule has 1 saturated heterocycles. The first-order valence-electron chi connectivity index (χ1n) is 11.2. The van der Waals surface area contributed by atoms with Crippen molar-refractivity contribution in [1.82, 2.24) is 5.32 Å². The summed E-state index contributed by atoms with van der Waals surface area (Å²) >= 11 is 0. The number of piperidine rings is 1. The van der Waals surface area contributed by atoms with Crippen molar-refractivity contribution >= 4 is 23.2 Å². The third-order valence-corrected chi connectivity index (χ3v) is 5.61. The summed E-state index contributed by atoms with van der Waals surface area (Å²) in [4.78, 5) is 27.9. The lowest BCUT2D eigenvalue weighted by Crippen LogP contribution is -2.35. The molecule has 6 nitrogen and oxygen atoms in total. The molecule has 0 saturated carbocycles. The highest BCUT2D eigenvalue weighted by molar-refractivity contribution is 6.06. The van der Waals surface area contributed by atoms with Crippen LogP contribution in [-0.2, 0) is 4.74 Å². The van der Waals surface area contributed by atoms with Gasteiger partial charge in [-0.05, 0) is 62.4 Å². The number of hydrogen-bond acceptors (Lipinski definition) is 4. The van der Waals surface area contributed by atoms with Crippen molar-refractivity contribution in [3.63, 3.8) is 0 Å². The molecule has 2 aromatic carbocycles. The van der Waals surface area contributed by atoms with Gasteiger partial charge in [0.1, 0.15) is 0 Å². The molecule has 2 aromatic rings. The van der Waals surface area contributed by atoms with E-state index in [0.717, 1.165) is 38.0 Å². The molecular weight excluding hydrogens is 390 g/mol. The zero-order valence-electron chi connectivity index (χ0n) is 18.5. The summed E-state index contributed by atoms with van der Waals surface area (Å²) in [6, 6.07) is 14.7. The summed E-state index contributed by atoms with van der Waals surface area (Å²) < 4.78 is 5.35. The van der Waals surface area contributed by atoms with Crippen LogP contribution in [-0.4, -0.2) is 44.7 Å². The number of nitrogens with one attached hydrogen (secondary N) is 2. The number of hydrogen-bond donors (Lipinski definition) is 2. The third-order valence-electron chi connectivity index (χ3n) is 5.61. The molecule has 1 heterocycles. The third kappa shape index (κ3) is 6.56. The van der Waals surface area contributed by atoms with Crippen molar-refractivity contribution in [3.05, 3.63) is 59.7 Å². The van der Waals surface area contributed by atoms with Crippen LogP contribution in [0.25, 0.3) is 0 Å². The molecule has 166 valence electrons. The topological polar surface area (TPSA) is 70.7 Å². The van der Waals surface area contributed by atoms with Crippen molar-refractivity contribution in [2.45, 2.75) is 33.1 Å². The van der Waals surface area contributed by atoms with Crippen LogP contribution in [0, 0.1) is 5.92 Å². The predicted molar refractivity (Wildman–Crippen MR) is 125 cm³/mol. The Morgan fingerprint density at radius 1 is 1.06 bits per heavy atom. The zero-order chi connectivity index (χ0) is 22.1. The molecule has 0 bridgehead atoms. The van der Waals surface area contributed by atoms with Gasteiger partial charge in [-0.2, -0.15) is 0 Å². The van der Waals surface area contributed by atoms with E-state index in [0.29, 0.717) is 42.5 Å². The van der Waals surface area contributed by atoms with E-state index >= 15 is 0 Å². The Labute approximate surface area is 185 Å². The van der Waals surface area contributed by atoms with Gasteiger partial charge in [0.15, 0.2) is 0 Å². The lowest BCUT2D eigenvalue weighted by molar-refractivity contribution is 0.0943. The zero-order valence-corrected chi connectivity index (χ0v) is 18.5. The fraction of sp³-hybridized carbons (Fsp3) is 0.440. The van der Waals surface area contributed by atoms with Crippen molar-refractivity contribution in [2.24, 2.45) is 5.92 Å². The van der Waals surface area contributed by atoms with Crippen LogP contribution >= 0.6 is 0 Å². The minimum absolute atomic E-state index is 0.124. The van der Waals surface area contributed by atoms with Crippen LogP contribution in [0.15, 0.2) is 48.5 Å². The number of carbonyl (C=O) groups is 2. The average Bonchev–Trinajstić information content (AvgIpc) is 2.80. The van der Waals surface area contributed by atoms with E-state index in [-0.39, 0.29) is 11.8 Å². The number of nitrogens with zero attached hydrogens (tertiary/aromatic N) is 1. The molecular formula is C25H33N3O3. The molecule has 0 aromatic heterocycles.